The Morgan fingerprint density at radius 3 is 2.68 bits per heavy atom. The zero-order chi connectivity index (χ0) is 26.5. The molecule has 0 atom stereocenters. The van der Waals surface area contributed by atoms with Crippen LogP contribution >= 0.6 is 11.3 Å². The van der Waals surface area contributed by atoms with Crippen LogP contribution in [0.5, 0.6) is 5.75 Å². The molecule has 5 rings (SSSR count). The largest absolute Gasteiger partial charge is 0.492 e. The molecule has 1 saturated heterocycles. The van der Waals surface area contributed by atoms with E-state index in [4.69, 9.17) is 4.74 Å². The first-order chi connectivity index (χ1) is 18.5. The van der Waals surface area contributed by atoms with Crippen LogP contribution in [0.25, 0.3) is 10.9 Å². The molecule has 198 valence electrons. The van der Waals surface area contributed by atoms with E-state index in [1.54, 1.807) is 28.5 Å². The maximum absolute atomic E-state index is 13.2. The normalized spacial score (nSPS) is 14.3. The van der Waals surface area contributed by atoms with Crippen LogP contribution in [0.2, 0.25) is 0 Å². The minimum absolute atomic E-state index is 0.191. The number of ether oxygens (including phenoxy) is 1. The second kappa shape index (κ2) is 11.9. The third-order valence-electron chi connectivity index (χ3n) is 6.93. The predicted octanol–water partition coefficient (Wildman–Crippen LogP) is 3.46. The summed E-state index contributed by atoms with van der Waals surface area (Å²) in [6.07, 6.45) is 1.66. The summed E-state index contributed by atoms with van der Waals surface area (Å²) in [5.74, 6) is 0.675. The second-order valence-corrected chi connectivity index (χ2v) is 10.5. The zero-order valence-electron chi connectivity index (χ0n) is 21.9. The summed E-state index contributed by atoms with van der Waals surface area (Å²) in [7, 11) is 3.96. The Balaban J connectivity index is 1.09. The summed E-state index contributed by atoms with van der Waals surface area (Å²) in [4.78, 5) is 36.8. The third-order valence-corrected chi connectivity index (χ3v) is 7.56. The number of carbonyl (C=O) groups is 1. The Hall–Kier alpha value is -3.53. The lowest BCUT2D eigenvalue weighted by Crippen LogP contribution is -2.50. The van der Waals surface area contributed by atoms with Gasteiger partial charge < -0.3 is 14.2 Å². The fraction of sp³-hybridized carbons (Fsp3) is 0.345. The molecule has 2 aromatic carbocycles. The fourth-order valence-corrected chi connectivity index (χ4v) is 5.47. The molecule has 4 aromatic rings. The average Bonchev–Trinajstić information content (AvgIpc) is 3.44. The first-order valence-corrected chi connectivity index (χ1v) is 13.8. The molecule has 38 heavy (non-hydrogen) atoms. The number of amides is 1. The molecule has 0 unspecified atom stereocenters. The number of aryl methyl sites for hydroxylation is 1. The van der Waals surface area contributed by atoms with Crippen LogP contribution in [0.1, 0.15) is 21.6 Å². The van der Waals surface area contributed by atoms with Gasteiger partial charge in [-0.25, -0.2) is 4.98 Å². The highest BCUT2D eigenvalue weighted by Crippen LogP contribution is 2.17. The lowest BCUT2D eigenvalue weighted by molar-refractivity contribution is 0.0618. The minimum Gasteiger partial charge on any atom is -0.492 e. The molecule has 0 N–H and O–H groups in total. The van der Waals surface area contributed by atoms with Crippen molar-refractivity contribution in [1.29, 1.82) is 0 Å². The molecule has 3 heterocycles. The van der Waals surface area contributed by atoms with Crippen LogP contribution in [0, 0.1) is 0 Å². The van der Waals surface area contributed by atoms with E-state index in [9.17, 15) is 9.59 Å². The van der Waals surface area contributed by atoms with Gasteiger partial charge in [-0.1, -0.05) is 24.3 Å². The van der Waals surface area contributed by atoms with E-state index in [0.717, 1.165) is 49.7 Å². The van der Waals surface area contributed by atoms with Gasteiger partial charge in [0.15, 0.2) is 0 Å². The van der Waals surface area contributed by atoms with Crippen molar-refractivity contribution in [1.82, 2.24) is 24.3 Å². The van der Waals surface area contributed by atoms with Crippen molar-refractivity contribution in [3.8, 4) is 5.75 Å². The Bertz CT molecular complexity index is 1440. The monoisotopic (exact) mass is 531 g/mol. The van der Waals surface area contributed by atoms with Gasteiger partial charge in [-0.2, -0.15) is 0 Å². The number of fused-ring (bicyclic) bond motifs is 1. The van der Waals surface area contributed by atoms with Gasteiger partial charge in [0.2, 0.25) is 5.43 Å². The summed E-state index contributed by atoms with van der Waals surface area (Å²) < 4.78 is 7.91. The van der Waals surface area contributed by atoms with Crippen LogP contribution < -0.4 is 10.2 Å². The number of benzene rings is 2. The van der Waals surface area contributed by atoms with Gasteiger partial charge in [0.25, 0.3) is 5.91 Å². The summed E-state index contributed by atoms with van der Waals surface area (Å²) in [6, 6.07) is 15.6. The summed E-state index contributed by atoms with van der Waals surface area (Å²) >= 11 is 1.62. The summed E-state index contributed by atoms with van der Waals surface area (Å²) in [6.45, 7) is 5.70. The number of thiazole rings is 1. The van der Waals surface area contributed by atoms with Crippen molar-refractivity contribution in [2.45, 2.75) is 13.1 Å². The molecule has 1 fully saturated rings. The van der Waals surface area contributed by atoms with Crippen molar-refractivity contribution < 1.29 is 9.53 Å². The van der Waals surface area contributed by atoms with E-state index >= 15 is 0 Å². The number of hydrogen-bond acceptors (Lipinski definition) is 7. The molecule has 1 aliphatic heterocycles. The molecule has 0 radical (unpaired) electrons. The fourth-order valence-electron chi connectivity index (χ4n) is 4.92. The maximum atomic E-state index is 13.2. The van der Waals surface area contributed by atoms with Crippen molar-refractivity contribution in [3.63, 3.8) is 0 Å². The number of para-hydroxylation sites is 1. The Morgan fingerprint density at radius 1 is 1.08 bits per heavy atom. The highest BCUT2D eigenvalue weighted by atomic mass is 32.1. The Labute approximate surface area is 226 Å². The Kier molecular flexibility index (Phi) is 8.17. The van der Waals surface area contributed by atoms with E-state index in [-0.39, 0.29) is 16.9 Å². The molecule has 0 saturated carbocycles. The van der Waals surface area contributed by atoms with Gasteiger partial charge in [-0.05, 0) is 36.9 Å². The molecular weight excluding hydrogens is 498 g/mol. The number of piperazine rings is 1. The van der Waals surface area contributed by atoms with Crippen molar-refractivity contribution in [2.24, 2.45) is 7.05 Å². The molecule has 0 aliphatic carbocycles. The number of nitrogens with zero attached hydrogens (tertiary/aromatic N) is 5. The molecule has 1 aliphatic rings. The van der Waals surface area contributed by atoms with E-state index in [1.807, 2.05) is 47.5 Å². The van der Waals surface area contributed by atoms with Gasteiger partial charge in [0.1, 0.15) is 17.9 Å². The van der Waals surface area contributed by atoms with Crippen LogP contribution in [0.3, 0.4) is 0 Å². The molecule has 0 spiro atoms. The first kappa shape index (κ1) is 26.1. The molecule has 1 amide bonds. The third kappa shape index (κ3) is 6.12. The first-order valence-electron chi connectivity index (χ1n) is 12.9. The van der Waals surface area contributed by atoms with Crippen LogP contribution in [-0.4, -0.2) is 76.5 Å². The van der Waals surface area contributed by atoms with Crippen LogP contribution in [0.15, 0.2) is 70.4 Å². The number of hydrogen-bond donors (Lipinski definition) is 0. The standard InChI is InChI=1S/C29H33N5O3S/c1-31(18-23-20-38-21-30-23)17-22-6-5-7-24(16-22)37-15-14-33-10-12-34(13-11-33)29(36)26-19-32(2)27-9-4-3-8-25(27)28(26)35/h3-9,16,19-21H,10-15,17-18H2,1-2H3. The zero-order valence-corrected chi connectivity index (χ0v) is 22.7. The highest BCUT2D eigenvalue weighted by Gasteiger charge is 2.24. The Morgan fingerprint density at radius 2 is 1.89 bits per heavy atom. The molecule has 9 heteroatoms. The van der Waals surface area contributed by atoms with E-state index in [1.165, 1.54) is 5.56 Å². The van der Waals surface area contributed by atoms with Gasteiger partial charge in [0, 0.05) is 69.8 Å². The second-order valence-electron chi connectivity index (χ2n) is 9.78. The maximum Gasteiger partial charge on any atom is 0.259 e. The topological polar surface area (TPSA) is 70.9 Å². The highest BCUT2D eigenvalue weighted by molar-refractivity contribution is 7.07. The van der Waals surface area contributed by atoms with Crippen molar-refractivity contribution >= 4 is 28.1 Å². The lowest BCUT2D eigenvalue weighted by atomic mass is 10.1. The average molecular weight is 532 g/mol. The van der Waals surface area contributed by atoms with Gasteiger partial charge in [0.05, 0.1) is 16.7 Å². The van der Waals surface area contributed by atoms with Crippen LogP contribution in [-0.2, 0) is 20.1 Å². The number of pyridine rings is 1. The van der Waals surface area contributed by atoms with Crippen LogP contribution in [0.4, 0.5) is 0 Å². The molecular formula is C29H33N5O3S. The van der Waals surface area contributed by atoms with E-state index < -0.39 is 0 Å². The van der Waals surface area contributed by atoms with Gasteiger partial charge >= 0.3 is 0 Å². The minimum atomic E-state index is -0.198. The van der Waals surface area contributed by atoms with E-state index in [2.05, 4.69) is 39.3 Å². The van der Waals surface area contributed by atoms with Gasteiger partial charge in [-0.3, -0.25) is 19.4 Å². The predicted molar refractivity (Wildman–Crippen MR) is 151 cm³/mol. The smallest absolute Gasteiger partial charge is 0.259 e. The number of carbonyl (C=O) groups excluding carboxylic acids is 1. The SMILES string of the molecule is CN(Cc1cccc(OCCN2CCN(C(=O)c3cn(C)c4ccccc4c3=O)CC2)c1)Cc1cscn1. The van der Waals surface area contributed by atoms with Gasteiger partial charge in [-0.15, -0.1) is 11.3 Å². The summed E-state index contributed by atoms with van der Waals surface area (Å²) in [5, 5.41) is 2.66. The molecule has 2 aromatic heterocycles. The van der Waals surface area contributed by atoms with Crippen molar-refractivity contribution in [3.05, 3.63) is 92.7 Å². The summed E-state index contributed by atoms with van der Waals surface area (Å²) in [5.41, 5.74) is 5.02. The quantitative estimate of drug-likeness (QED) is 0.330. The number of rotatable bonds is 9. The molecule has 0 bridgehead atoms. The number of aromatic nitrogens is 2. The van der Waals surface area contributed by atoms with Crippen molar-refractivity contribution in [2.75, 3.05) is 46.4 Å². The molecule has 8 nitrogen and oxygen atoms in total. The lowest BCUT2D eigenvalue weighted by Gasteiger charge is -2.34. The van der Waals surface area contributed by atoms with E-state index in [0.29, 0.717) is 25.1 Å².